The van der Waals surface area contributed by atoms with E-state index in [1.54, 1.807) is 12.1 Å². The van der Waals surface area contributed by atoms with E-state index in [0.29, 0.717) is 5.56 Å². The molecule has 0 unspecified atom stereocenters. The predicted octanol–water partition coefficient (Wildman–Crippen LogP) is 2.83. The first-order valence-electron chi connectivity index (χ1n) is 9.95. The minimum atomic E-state index is -0.545. The Hall–Kier alpha value is -2.66. The second kappa shape index (κ2) is 9.51. The average Bonchev–Trinajstić information content (AvgIpc) is 3.13. The van der Waals surface area contributed by atoms with Crippen molar-refractivity contribution in [2.75, 3.05) is 13.1 Å². The summed E-state index contributed by atoms with van der Waals surface area (Å²) >= 11 is 0. The Balaban J connectivity index is 1.53. The molecule has 3 rings (SSSR count). The summed E-state index contributed by atoms with van der Waals surface area (Å²) in [7, 11) is 0. The van der Waals surface area contributed by atoms with Gasteiger partial charge < -0.3 is 10.6 Å². The van der Waals surface area contributed by atoms with Gasteiger partial charge in [-0.3, -0.25) is 14.5 Å². The van der Waals surface area contributed by atoms with Gasteiger partial charge in [-0.15, -0.1) is 0 Å². The molecule has 148 valence electrons. The van der Waals surface area contributed by atoms with Gasteiger partial charge >= 0.3 is 0 Å². The van der Waals surface area contributed by atoms with Crippen molar-refractivity contribution in [1.29, 1.82) is 0 Å². The van der Waals surface area contributed by atoms with E-state index in [4.69, 9.17) is 0 Å². The maximum Gasteiger partial charge on any atom is 0.251 e. The summed E-state index contributed by atoms with van der Waals surface area (Å²) in [5.74, 6) is -0.313. The topological polar surface area (TPSA) is 61.4 Å². The van der Waals surface area contributed by atoms with Gasteiger partial charge in [0.2, 0.25) is 5.91 Å². The maximum absolute atomic E-state index is 12.8. The minimum absolute atomic E-state index is 0.00878. The Morgan fingerprint density at radius 2 is 1.68 bits per heavy atom. The highest BCUT2D eigenvalue weighted by molar-refractivity contribution is 5.97. The molecule has 0 aromatic heterocycles. The van der Waals surface area contributed by atoms with E-state index in [2.05, 4.69) is 27.7 Å². The number of nitrogens with one attached hydrogen (secondary N) is 2. The van der Waals surface area contributed by atoms with Gasteiger partial charge in [0.1, 0.15) is 6.04 Å². The van der Waals surface area contributed by atoms with Crippen molar-refractivity contribution in [3.8, 4) is 0 Å². The molecule has 2 aromatic carbocycles. The molecule has 1 fully saturated rings. The number of amides is 2. The summed E-state index contributed by atoms with van der Waals surface area (Å²) < 4.78 is 0. The van der Waals surface area contributed by atoms with Crippen LogP contribution in [0.15, 0.2) is 60.7 Å². The molecular weight excluding hydrogens is 350 g/mol. The highest BCUT2D eigenvalue weighted by atomic mass is 16.2. The fourth-order valence-corrected chi connectivity index (χ4v) is 3.58. The number of hydrogen-bond acceptors (Lipinski definition) is 3. The lowest BCUT2D eigenvalue weighted by atomic mass is 10.0. The summed E-state index contributed by atoms with van der Waals surface area (Å²) in [4.78, 5) is 27.6. The van der Waals surface area contributed by atoms with Crippen LogP contribution >= 0.6 is 0 Å². The van der Waals surface area contributed by atoms with E-state index in [1.165, 1.54) is 5.56 Å². The van der Waals surface area contributed by atoms with Crippen molar-refractivity contribution in [1.82, 2.24) is 15.5 Å². The summed E-state index contributed by atoms with van der Waals surface area (Å²) in [6.07, 6.45) is 0.927. The van der Waals surface area contributed by atoms with E-state index < -0.39 is 6.04 Å². The Bertz CT molecular complexity index is 777. The number of rotatable bonds is 7. The van der Waals surface area contributed by atoms with Crippen molar-refractivity contribution in [3.63, 3.8) is 0 Å². The quantitative estimate of drug-likeness (QED) is 0.778. The second-order valence-electron chi connectivity index (χ2n) is 7.78. The average molecular weight is 380 g/mol. The van der Waals surface area contributed by atoms with Gasteiger partial charge in [0.25, 0.3) is 5.91 Å². The third-order valence-electron chi connectivity index (χ3n) is 5.14. The molecule has 1 heterocycles. The van der Waals surface area contributed by atoms with Crippen LogP contribution in [-0.2, 0) is 11.3 Å². The van der Waals surface area contributed by atoms with Crippen LogP contribution in [0.4, 0.5) is 0 Å². The lowest BCUT2D eigenvalue weighted by Crippen LogP contribution is -2.52. The third kappa shape index (κ3) is 5.42. The van der Waals surface area contributed by atoms with Crippen LogP contribution in [0.1, 0.15) is 36.2 Å². The molecule has 2 atom stereocenters. The third-order valence-corrected chi connectivity index (χ3v) is 5.14. The highest BCUT2D eigenvalue weighted by Crippen LogP contribution is 2.14. The summed E-state index contributed by atoms with van der Waals surface area (Å²) in [5, 5.41) is 6.03. The molecule has 2 N–H and O–H groups in total. The molecule has 5 heteroatoms. The normalized spacial score (nSPS) is 18.0. The lowest BCUT2D eigenvalue weighted by Gasteiger charge is -2.24. The highest BCUT2D eigenvalue weighted by Gasteiger charge is 2.29. The molecule has 1 saturated heterocycles. The largest absolute Gasteiger partial charge is 0.350 e. The van der Waals surface area contributed by atoms with Crippen molar-refractivity contribution < 1.29 is 9.59 Å². The minimum Gasteiger partial charge on any atom is -0.350 e. The lowest BCUT2D eigenvalue weighted by molar-refractivity contribution is -0.124. The van der Waals surface area contributed by atoms with Gasteiger partial charge in [-0.25, -0.2) is 0 Å². The van der Waals surface area contributed by atoms with Gasteiger partial charge in [0.15, 0.2) is 0 Å². The predicted molar refractivity (Wildman–Crippen MR) is 111 cm³/mol. The zero-order valence-corrected chi connectivity index (χ0v) is 16.6. The SMILES string of the molecule is CC(C)[C@H](NC(=O)c1ccccc1)C(=O)N[C@H]1CCN(Cc2ccccc2)C1. The maximum atomic E-state index is 12.8. The number of carbonyl (C=O) groups is 2. The zero-order valence-electron chi connectivity index (χ0n) is 16.6. The van der Waals surface area contributed by atoms with Crippen molar-refractivity contribution in [3.05, 3.63) is 71.8 Å². The number of carbonyl (C=O) groups excluding carboxylic acids is 2. The molecule has 1 aliphatic rings. The number of nitrogens with zero attached hydrogens (tertiary/aromatic N) is 1. The zero-order chi connectivity index (χ0) is 19.9. The van der Waals surface area contributed by atoms with Crippen molar-refractivity contribution >= 4 is 11.8 Å². The summed E-state index contributed by atoms with van der Waals surface area (Å²) in [6.45, 7) is 6.59. The van der Waals surface area contributed by atoms with E-state index in [0.717, 1.165) is 26.1 Å². The fourth-order valence-electron chi connectivity index (χ4n) is 3.58. The van der Waals surface area contributed by atoms with Crippen LogP contribution in [0.25, 0.3) is 0 Å². The molecule has 5 nitrogen and oxygen atoms in total. The van der Waals surface area contributed by atoms with Crippen LogP contribution in [0.3, 0.4) is 0 Å². The number of likely N-dealkylation sites (tertiary alicyclic amines) is 1. The van der Waals surface area contributed by atoms with Crippen LogP contribution < -0.4 is 10.6 Å². The van der Waals surface area contributed by atoms with E-state index in [-0.39, 0.29) is 23.8 Å². The Kier molecular flexibility index (Phi) is 6.82. The van der Waals surface area contributed by atoms with Crippen molar-refractivity contribution in [2.45, 2.75) is 38.9 Å². The van der Waals surface area contributed by atoms with E-state index in [1.807, 2.05) is 50.2 Å². The Labute approximate surface area is 167 Å². The molecule has 28 heavy (non-hydrogen) atoms. The first-order chi connectivity index (χ1) is 13.5. The molecule has 2 amide bonds. The second-order valence-corrected chi connectivity index (χ2v) is 7.78. The summed E-state index contributed by atoms with van der Waals surface area (Å²) in [6, 6.07) is 18.9. The number of benzene rings is 2. The molecule has 0 radical (unpaired) electrons. The van der Waals surface area contributed by atoms with Gasteiger partial charge in [-0.1, -0.05) is 62.4 Å². The Morgan fingerprint density at radius 3 is 2.32 bits per heavy atom. The fraction of sp³-hybridized carbons (Fsp3) is 0.391. The van der Waals surface area contributed by atoms with Crippen LogP contribution in [0.2, 0.25) is 0 Å². The van der Waals surface area contributed by atoms with E-state index in [9.17, 15) is 9.59 Å². The molecule has 0 saturated carbocycles. The molecule has 2 aromatic rings. The molecule has 0 spiro atoms. The molecular formula is C23H29N3O2. The van der Waals surface area contributed by atoms with E-state index >= 15 is 0 Å². The van der Waals surface area contributed by atoms with Gasteiger partial charge in [0.05, 0.1) is 0 Å². The van der Waals surface area contributed by atoms with Gasteiger partial charge in [0, 0.05) is 31.2 Å². The number of hydrogen-bond donors (Lipinski definition) is 2. The molecule has 0 bridgehead atoms. The van der Waals surface area contributed by atoms with Crippen LogP contribution in [0, 0.1) is 5.92 Å². The first kappa shape index (κ1) is 20.1. The molecule has 1 aliphatic heterocycles. The standard InChI is InChI=1S/C23H29N3O2/c1-17(2)21(25-22(27)19-11-7-4-8-12-19)23(28)24-20-13-14-26(16-20)15-18-9-5-3-6-10-18/h3-12,17,20-21H,13-16H2,1-2H3,(H,24,28)(H,25,27)/t20-,21-/m0/s1. The van der Waals surface area contributed by atoms with Crippen LogP contribution in [0.5, 0.6) is 0 Å². The Morgan fingerprint density at radius 1 is 1.04 bits per heavy atom. The van der Waals surface area contributed by atoms with Crippen LogP contribution in [-0.4, -0.2) is 41.9 Å². The van der Waals surface area contributed by atoms with Gasteiger partial charge in [-0.2, -0.15) is 0 Å². The smallest absolute Gasteiger partial charge is 0.251 e. The molecule has 0 aliphatic carbocycles. The summed E-state index contributed by atoms with van der Waals surface area (Å²) in [5.41, 5.74) is 1.85. The monoisotopic (exact) mass is 379 g/mol. The first-order valence-corrected chi connectivity index (χ1v) is 9.95. The van der Waals surface area contributed by atoms with Crippen molar-refractivity contribution in [2.24, 2.45) is 5.92 Å². The van der Waals surface area contributed by atoms with Gasteiger partial charge in [-0.05, 0) is 30.0 Å².